The van der Waals surface area contributed by atoms with Crippen LogP contribution in [0.3, 0.4) is 0 Å². The Kier molecular flexibility index (Phi) is 5.28. The second kappa shape index (κ2) is 8.30. The van der Waals surface area contributed by atoms with Gasteiger partial charge in [-0.1, -0.05) is 24.3 Å². The number of carbonyl (C=O) groups is 1. The van der Waals surface area contributed by atoms with Crippen LogP contribution in [-0.4, -0.2) is 30.0 Å². The summed E-state index contributed by atoms with van der Waals surface area (Å²) in [5.41, 5.74) is 9.86. The van der Waals surface area contributed by atoms with E-state index in [-0.39, 0.29) is 12.5 Å². The molecule has 3 aromatic carbocycles. The fraction of sp³-hybridized carbons (Fsp3) is 0.154. The lowest BCUT2D eigenvalue weighted by Gasteiger charge is -2.17. The van der Waals surface area contributed by atoms with Gasteiger partial charge in [0.15, 0.2) is 11.5 Å². The molecule has 0 atom stereocenters. The van der Waals surface area contributed by atoms with Crippen molar-refractivity contribution in [1.82, 2.24) is 9.88 Å². The monoisotopic (exact) mass is 461 g/mol. The summed E-state index contributed by atoms with van der Waals surface area (Å²) in [7, 11) is 3.11. The van der Waals surface area contributed by atoms with E-state index in [0.717, 1.165) is 11.6 Å². The van der Waals surface area contributed by atoms with Gasteiger partial charge in [-0.25, -0.2) is 13.8 Å². The lowest BCUT2D eigenvalue weighted by atomic mass is 9.99. The molecule has 2 heterocycles. The smallest absolute Gasteiger partial charge is 0.258 e. The number of fused-ring (bicyclic) bond motifs is 2. The number of pyridine rings is 1. The molecule has 0 spiro atoms. The van der Waals surface area contributed by atoms with Crippen LogP contribution in [0.5, 0.6) is 11.5 Å². The Morgan fingerprint density at radius 1 is 1.00 bits per heavy atom. The number of ether oxygens (including phenoxy) is 2. The summed E-state index contributed by atoms with van der Waals surface area (Å²) < 4.78 is 38.4. The molecule has 172 valence electrons. The predicted octanol–water partition coefficient (Wildman–Crippen LogP) is 4.94. The molecule has 4 aromatic rings. The highest BCUT2D eigenvalue weighted by Gasteiger charge is 2.32. The summed E-state index contributed by atoms with van der Waals surface area (Å²) in [6.45, 7) is 0.585. The second-order valence-corrected chi connectivity index (χ2v) is 8.06. The second-order valence-electron chi connectivity index (χ2n) is 8.06. The fourth-order valence-corrected chi connectivity index (χ4v) is 4.40. The first kappa shape index (κ1) is 21.6. The van der Waals surface area contributed by atoms with Gasteiger partial charge in [0.05, 0.1) is 43.2 Å². The number of nitrogen functional groups attached to an aromatic ring is 1. The van der Waals surface area contributed by atoms with Crippen molar-refractivity contribution in [2.45, 2.75) is 13.1 Å². The van der Waals surface area contributed by atoms with Crippen molar-refractivity contribution >= 4 is 22.5 Å². The molecule has 2 N–H and O–H groups in total. The molecule has 8 heteroatoms. The Labute approximate surface area is 194 Å². The van der Waals surface area contributed by atoms with Crippen molar-refractivity contribution in [1.29, 1.82) is 0 Å². The minimum absolute atomic E-state index is 0.223. The van der Waals surface area contributed by atoms with Gasteiger partial charge < -0.3 is 20.1 Å². The van der Waals surface area contributed by atoms with Crippen LogP contribution in [0.25, 0.3) is 22.0 Å². The molecule has 1 aliphatic rings. The Balaban J connectivity index is 1.55. The highest BCUT2D eigenvalue weighted by Crippen LogP contribution is 2.37. The van der Waals surface area contributed by atoms with Crippen molar-refractivity contribution in [2.24, 2.45) is 0 Å². The van der Waals surface area contributed by atoms with Crippen LogP contribution < -0.4 is 15.2 Å². The quantitative estimate of drug-likeness (QED) is 0.456. The van der Waals surface area contributed by atoms with Gasteiger partial charge in [-0.3, -0.25) is 4.79 Å². The Bertz CT molecular complexity index is 1440. The van der Waals surface area contributed by atoms with Crippen LogP contribution >= 0.6 is 0 Å². The van der Waals surface area contributed by atoms with Gasteiger partial charge in [0, 0.05) is 23.6 Å². The zero-order chi connectivity index (χ0) is 24.0. The van der Waals surface area contributed by atoms with Crippen LogP contribution in [-0.2, 0) is 13.1 Å². The molecule has 0 saturated heterocycles. The number of hydrogen-bond acceptors (Lipinski definition) is 5. The number of halogens is 2. The molecule has 0 aliphatic carbocycles. The highest BCUT2D eigenvalue weighted by molar-refractivity contribution is 6.11. The number of benzene rings is 3. The SMILES string of the molecule is COc1ccc(CN2Cc3nc4c(-c5cc(F)cc(F)c5)cccc4c(N)c3C2=O)cc1OC. The number of nitrogens with two attached hydrogens (primary N) is 1. The van der Waals surface area contributed by atoms with E-state index < -0.39 is 11.6 Å². The number of hydrogen-bond donors (Lipinski definition) is 1. The largest absolute Gasteiger partial charge is 0.493 e. The number of para-hydroxylation sites is 1. The number of methoxy groups -OCH3 is 2. The zero-order valence-electron chi connectivity index (χ0n) is 18.6. The van der Waals surface area contributed by atoms with Crippen molar-refractivity contribution in [3.8, 4) is 22.6 Å². The van der Waals surface area contributed by atoms with Crippen LogP contribution in [0.2, 0.25) is 0 Å². The van der Waals surface area contributed by atoms with Gasteiger partial charge in [0.2, 0.25) is 0 Å². The average Bonchev–Trinajstić information content (AvgIpc) is 3.13. The Hall–Kier alpha value is -4.20. The summed E-state index contributed by atoms with van der Waals surface area (Å²) in [5.74, 6) is -0.422. The van der Waals surface area contributed by atoms with E-state index in [2.05, 4.69) is 0 Å². The topological polar surface area (TPSA) is 77.7 Å². The van der Waals surface area contributed by atoms with Crippen molar-refractivity contribution < 1.29 is 23.0 Å². The van der Waals surface area contributed by atoms with E-state index in [0.29, 0.717) is 57.0 Å². The number of aromatic nitrogens is 1. The van der Waals surface area contributed by atoms with Crippen LogP contribution in [0, 0.1) is 11.6 Å². The minimum Gasteiger partial charge on any atom is -0.493 e. The van der Waals surface area contributed by atoms with E-state index >= 15 is 0 Å². The molecule has 0 fully saturated rings. The zero-order valence-corrected chi connectivity index (χ0v) is 18.6. The number of amides is 1. The first-order valence-corrected chi connectivity index (χ1v) is 10.6. The van der Waals surface area contributed by atoms with Gasteiger partial charge in [-0.2, -0.15) is 0 Å². The molecular weight excluding hydrogens is 440 g/mol. The molecule has 1 amide bonds. The van der Waals surface area contributed by atoms with Crippen LogP contribution in [0.15, 0.2) is 54.6 Å². The molecule has 34 heavy (non-hydrogen) atoms. The Morgan fingerprint density at radius 2 is 1.74 bits per heavy atom. The van der Waals surface area contributed by atoms with Crippen molar-refractivity contribution in [3.63, 3.8) is 0 Å². The molecule has 1 aliphatic heterocycles. The minimum atomic E-state index is -0.683. The van der Waals surface area contributed by atoms with Crippen molar-refractivity contribution in [2.75, 3.05) is 20.0 Å². The van der Waals surface area contributed by atoms with Gasteiger partial charge in [0.1, 0.15) is 11.6 Å². The van der Waals surface area contributed by atoms with Crippen molar-refractivity contribution in [3.05, 3.63) is 83.1 Å². The summed E-state index contributed by atoms with van der Waals surface area (Å²) in [6.07, 6.45) is 0. The summed E-state index contributed by atoms with van der Waals surface area (Å²) >= 11 is 0. The first-order chi connectivity index (χ1) is 16.4. The highest BCUT2D eigenvalue weighted by atomic mass is 19.1. The van der Waals surface area contributed by atoms with Gasteiger partial charge >= 0.3 is 0 Å². The normalized spacial score (nSPS) is 12.8. The maximum Gasteiger partial charge on any atom is 0.258 e. The van der Waals surface area contributed by atoms with E-state index in [9.17, 15) is 13.6 Å². The van der Waals surface area contributed by atoms with E-state index in [1.807, 2.05) is 12.1 Å². The molecule has 5 rings (SSSR count). The third-order valence-corrected chi connectivity index (χ3v) is 5.97. The lowest BCUT2D eigenvalue weighted by molar-refractivity contribution is 0.0767. The number of carbonyl (C=O) groups excluding carboxylic acids is 1. The average molecular weight is 461 g/mol. The fourth-order valence-electron chi connectivity index (χ4n) is 4.40. The Morgan fingerprint density at radius 3 is 2.44 bits per heavy atom. The van der Waals surface area contributed by atoms with Gasteiger partial charge in [0.25, 0.3) is 5.91 Å². The van der Waals surface area contributed by atoms with E-state index in [1.54, 1.807) is 43.4 Å². The van der Waals surface area contributed by atoms with Crippen LogP contribution in [0.1, 0.15) is 21.6 Å². The maximum absolute atomic E-state index is 13.9. The summed E-state index contributed by atoms with van der Waals surface area (Å²) in [6, 6.07) is 14.0. The molecular formula is C26H21F2N3O3. The standard InChI is InChI=1S/C26H21F2N3O3/c1-33-21-7-6-14(8-22(21)34-2)12-31-13-20-23(26(31)32)24(29)19-5-3-4-18(25(19)30-20)15-9-16(27)11-17(28)10-15/h3-11H,12-13H2,1-2H3,(H2,29,30). The van der Waals surface area contributed by atoms with Gasteiger partial charge in [-0.15, -0.1) is 0 Å². The number of rotatable bonds is 5. The molecule has 1 aromatic heterocycles. The first-order valence-electron chi connectivity index (χ1n) is 10.6. The van der Waals surface area contributed by atoms with Crippen LogP contribution in [0.4, 0.5) is 14.5 Å². The number of nitrogens with zero attached hydrogens (tertiary/aromatic N) is 2. The lowest BCUT2D eigenvalue weighted by Crippen LogP contribution is -2.23. The third-order valence-electron chi connectivity index (χ3n) is 5.97. The predicted molar refractivity (Wildman–Crippen MR) is 125 cm³/mol. The summed E-state index contributed by atoms with van der Waals surface area (Å²) in [4.78, 5) is 19.6. The number of anilines is 1. The summed E-state index contributed by atoms with van der Waals surface area (Å²) in [5, 5.41) is 0.558. The molecule has 0 bridgehead atoms. The van der Waals surface area contributed by atoms with E-state index in [1.165, 1.54) is 12.1 Å². The molecule has 0 radical (unpaired) electrons. The molecule has 6 nitrogen and oxygen atoms in total. The molecule has 0 unspecified atom stereocenters. The molecule has 0 saturated carbocycles. The third kappa shape index (κ3) is 3.57. The maximum atomic E-state index is 13.9. The van der Waals surface area contributed by atoms with E-state index in [4.69, 9.17) is 20.2 Å². The van der Waals surface area contributed by atoms with Gasteiger partial charge in [-0.05, 0) is 35.4 Å².